The van der Waals surface area contributed by atoms with Gasteiger partial charge in [-0.3, -0.25) is 4.79 Å². The quantitative estimate of drug-likeness (QED) is 0.872. The van der Waals surface area contributed by atoms with Crippen LogP contribution in [0.1, 0.15) is 17.9 Å². The summed E-state index contributed by atoms with van der Waals surface area (Å²) in [6.07, 6.45) is 0.970. The van der Waals surface area contributed by atoms with Crippen LogP contribution in [-0.4, -0.2) is 50.8 Å². The summed E-state index contributed by atoms with van der Waals surface area (Å²) in [5.41, 5.74) is 7.03. The van der Waals surface area contributed by atoms with Gasteiger partial charge in [-0.25, -0.2) is 0 Å². The van der Waals surface area contributed by atoms with Crippen molar-refractivity contribution in [3.8, 4) is 5.75 Å². The predicted octanol–water partition coefficient (Wildman–Crippen LogP) is 0.985. The van der Waals surface area contributed by atoms with E-state index in [1.165, 1.54) is 5.56 Å². The zero-order valence-corrected chi connectivity index (χ0v) is 12.0. The summed E-state index contributed by atoms with van der Waals surface area (Å²) in [4.78, 5) is 13.9. The molecule has 0 spiro atoms. The Morgan fingerprint density at radius 1 is 1.40 bits per heavy atom. The molecule has 1 amide bonds. The first kappa shape index (κ1) is 14.8. The smallest absolute Gasteiger partial charge is 0.241 e. The molecule has 1 aromatic carbocycles. The van der Waals surface area contributed by atoms with Crippen molar-refractivity contribution < 1.29 is 14.3 Å². The van der Waals surface area contributed by atoms with Gasteiger partial charge < -0.3 is 20.1 Å². The largest absolute Gasteiger partial charge is 0.497 e. The number of carbonyl (C=O) groups excluding carboxylic acids is 1. The number of methoxy groups -OCH3 is 2. The van der Waals surface area contributed by atoms with Crippen LogP contribution in [0.3, 0.4) is 0 Å². The van der Waals surface area contributed by atoms with Crippen LogP contribution in [0.15, 0.2) is 24.3 Å². The van der Waals surface area contributed by atoms with Crippen LogP contribution in [0.5, 0.6) is 5.75 Å². The lowest BCUT2D eigenvalue weighted by atomic mass is 9.98. The van der Waals surface area contributed by atoms with E-state index >= 15 is 0 Å². The Hall–Kier alpha value is -1.59. The molecule has 1 aliphatic heterocycles. The molecule has 1 aliphatic rings. The fourth-order valence-corrected chi connectivity index (χ4v) is 2.59. The second-order valence-corrected chi connectivity index (χ2v) is 5.10. The molecule has 1 aromatic rings. The van der Waals surface area contributed by atoms with Gasteiger partial charge in [0.2, 0.25) is 5.91 Å². The van der Waals surface area contributed by atoms with Crippen LogP contribution in [-0.2, 0) is 9.53 Å². The molecular weight excluding hydrogens is 256 g/mol. The summed E-state index contributed by atoms with van der Waals surface area (Å²) >= 11 is 0. The van der Waals surface area contributed by atoms with Gasteiger partial charge in [0.05, 0.1) is 13.7 Å². The van der Waals surface area contributed by atoms with E-state index in [1.807, 2.05) is 17.0 Å². The summed E-state index contributed by atoms with van der Waals surface area (Å²) in [7, 11) is 3.21. The van der Waals surface area contributed by atoms with E-state index in [4.69, 9.17) is 15.2 Å². The molecule has 1 heterocycles. The van der Waals surface area contributed by atoms with Crippen molar-refractivity contribution in [1.29, 1.82) is 0 Å². The maximum absolute atomic E-state index is 12.1. The molecular formula is C15H22N2O3. The predicted molar refractivity (Wildman–Crippen MR) is 76.8 cm³/mol. The van der Waals surface area contributed by atoms with Crippen molar-refractivity contribution in [1.82, 2.24) is 4.90 Å². The molecule has 2 rings (SSSR count). The van der Waals surface area contributed by atoms with E-state index in [2.05, 4.69) is 12.1 Å². The van der Waals surface area contributed by atoms with Crippen LogP contribution in [0.4, 0.5) is 0 Å². The molecule has 2 N–H and O–H groups in total. The number of hydrogen-bond acceptors (Lipinski definition) is 4. The number of hydrogen-bond donors (Lipinski definition) is 1. The third-order valence-electron chi connectivity index (χ3n) is 3.75. The summed E-state index contributed by atoms with van der Waals surface area (Å²) in [5, 5.41) is 0. The average molecular weight is 278 g/mol. The molecule has 2 atom stereocenters. The lowest BCUT2D eigenvalue weighted by molar-refractivity contribution is -0.132. The van der Waals surface area contributed by atoms with Crippen molar-refractivity contribution in [2.24, 2.45) is 5.73 Å². The molecule has 1 fully saturated rings. The summed E-state index contributed by atoms with van der Waals surface area (Å²) in [6.45, 7) is 1.75. The van der Waals surface area contributed by atoms with Crippen molar-refractivity contribution in [2.45, 2.75) is 18.4 Å². The number of nitrogens with zero attached hydrogens (tertiary/aromatic N) is 1. The van der Waals surface area contributed by atoms with Gasteiger partial charge in [0, 0.05) is 26.1 Å². The van der Waals surface area contributed by atoms with Crippen LogP contribution in [0.2, 0.25) is 0 Å². The Morgan fingerprint density at radius 2 is 2.10 bits per heavy atom. The van der Waals surface area contributed by atoms with Crippen LogP contribution < -0.4 is 10.5 Å². The van der Waals surface area contributed by atoms with Gasteiger partial charge in [0.25, 0.3) is 0 Å². The van der Waals surface area contributed by atoms with Crippen molar-refractivity contribution in [3.05, 3.63) is 29.8 Å². The van der Waals surface area contributed by atoms with Crippen molar-refractivity contribution in [2.75, 3.05) is 33.9 Å². The normalized spacial score (nSPS) is 19.9. The standard InChI is InChI=1S/C15H22N2O3/c1-19-10-14(16)15(18)17-8-7-12(9-17)11-3-5-13(20-2)6-4-11/h3-6,12,14H,7-10,16H2,1-2H3. The minimum Gasteiger partial charge on any atom is -0.497 e. The minimum absolute atomic E-state index is 0.0251. The van der Waals surface area contributed by atoms with E-state index in [0.29, 0.717) is 5.92 Å². The van der Waals surface area contributed by atoms with E-state index < -0.39 is 6.04 Å². The molecule has 20 heavy (non-hydrogen) atoms. The molecule has 0 radical (unpaired) electrons. The third-order valence-corrected chi connectivity index (χ3v) is 3.75. The number of carbonyl (C=O) groups is 1. The molecule has 0 bridgehead atoms. The lowest BCUT2D eigenvalue weighted by Gasteiger charge is -2.20. The molecule has 2 unspecified atom stereocenters. The first-order valence-electron chi connectivity index (χ1n) is 6.83. The van der Waals surface area contributed by atoms with Gasteiger partial charge in [-0.1, -0.05) is 12.1 Å². The highest BCUT2D eigenvalue weighted by Crippen LogP contribution is 2.28. The lowest BCUT2D eigenvalue weighted by Crippen LogP contribution is -2.45. The van der Waals surface area contributed by atoms with E-state index in [1.54, 1.807) is 14.2 Å². The summed E-state index contributed by atoms with van der Waals surface area (Å²) in [5.74, 6) is 1.20. The molecule has 0 aliphatic carbocycles. The second-order valence-electron chi connectivity index (χ2n) is 5.10. The molecule has 110 valence electrons. The first-order valence-corrected chi connectivity index (χ1v) is 6.83. The van der Waals surface area contributed by atoms with Crippen LogP contribution >= 0.6 is 0 Å². The zero-order valence-electron chi connectivity index (χ0n) is 12.0. The zero-order chi connectivity index (χ0) is 14.5. The Morgan fingerprint density at radius 3 is 2.70 bits per heavy atom. The topological polar surface area (TPSA) is 64.8 Å². The fourth-order valence-electron chi connectivity index (χ4n) is 2.59. The number of rotatable bonds is 5. The monoisotopic (exact) mass is 278 g/mol. The molecule has 0 aromatic heterocycles. The van der Waals surface area contributed by atoms with Gasteiger partial charge in [-0.05, 0) is 24.1 Å². The molecule has 5 nitrogen and oxygen atoms in total. The highest BCUT2D eigenvalue weighted by atomic mass is 16.5. The number of nitrogens with two attached hydrogens (primary N) is 1. The highest BCUT2D eigenvalue weighted by Gasteiger charge is 2.29. The van der Waals surface area contributed by atoms with Gasteiger partial charge in [-0.2, -0.15) is 0 Å². The Balaban J connectivity index is 1.95. The first-order chi connectivity index (χ1) is 9.65. The van der Waals surface area contributed by atoms with Crippen LogP contribution in [0, 0.1) is 0 Å². The van der Waals surface area contributed by atoms with E-state index in [0.717, 1.165) is 25.3 Å². The number of ether oxygens (including phenoxy) is 2. The van der Waals surface area contributed by atoms with E-state index in [9.17, 15) is 4.79 Å². The average Bonchev–Trinajstić information content (AvgIpc) is 2.96. The molecule has 5 heteroatoms. The van der Waals surface area contributed by atoms with Crippen molar-refractivity contribution >= 4 is 5.91 Å². The Kier molecular flexibility index (Phi) is 4.98. The van der Waals surface area contributed by atoms with Crippen LogP contribution in [0.25, 0.3) is 0 Å². The minimum atomic E-state index is -0.561. The number of likely N-dealkylation sites (tertiary alicyclic amines) is 1. The van der Waals surface area contributed by atoms with Crippen molar-refractivity contribution in [3.63, 3.8) is 0 Å². The van der Waals surface area contributed by atoms with Gasteiger partial charge in [-0.15, -0.1) is 0 Å². The summed E-state index contributed by atoms with van der Waals surface area (Å²) < 4.78 is 10.1. The molecule has 1 saturated heterocycles. The van der Waals surface area contributed by atoms with Gasteiger partial charge in [0.1, 0.15) is 11.8 Å². The fraction of sp³-hybridized carbons (Fsp3) is 0.533. The number of benzene rings is 1. The summed E-state index contributed by atoms with van der Waals surface area (Å²) in [6, 6.07) is 7.47. The Bertz CT molecular complexity index is 447. The van der Waals surface area contributed by atoms with Gasteiger partial charge in [0.15, 0.2) is 0 Å². The maximum atomic E-state index is 12.1. The van der Waals surface area contributed by atoms with Gasteiger partial charge >= 0.3 is 0 Å². The maximum Gasteiger partial charge on any atom is 0.241 e. The number of amides is 1. The second kappa shape index (κ2) is 6.72. The third kappa shape index (κ3) is 3.29. The SMILES string of the molecule is COCC(N)C(=O)N1CCC(c2ccc(OC)cc2)C1. The highest BCUT2D eigenvalue weighted by molar-refractivity contribution is 5.82. The molecule has 0 saturated carbocycles. The Labute approximate surface area is 119 Å². The van der Waals surface area contributed by atoms with E-state index in [-0.39, 0.29) is 12.5 Å².